The fraction of sp³-hybridized carbons (Fsp3) is 0.227. The fourth-order valence-corrected chi connectivity index (χ4v) is 4.04. The summed E-state index contributed by atoms with van der Waals surface area (Å²) in [4.78, 5) is 4.85. The largest absolute Gasteiger partial charge is 0.335 e. The van der Waals surface area contributed by atoms with Gasteiger partial charge in [-0.3, -0.25) is 0 Å². The van der Waals surface area contributed by atoms with Crippen molar-refractivity contribution in [3.63, 3.8) is 0 Å². The summed E-state index contributed by atoms with van der Waals surface area (Å²) < 4.78 is 26.6. The SMILES string of the molecule is CSC1=N[C@H](c2ccc(F)cc2)C2=C(N1)C(=Cc1ccc(F)cc1)CCC2. The maximum Gasteiger partial charge on any atom is 0.161 e. The van der Waals surface area contributed by atoms with Gasteiger partial charge in [-0.1, -0.05) is 36.0 Å². The van der Waals surface area contributed by atoms with Crippen LogP contribution in [0.4, 0.5) is 8.78 Å². The Morgan fingerprint density at radius 3 is 2.33 bits per heavy atom. The number of aliphatic imine (C=N–C) groups is 1. The smallest absolute Gasteiger partial charge is 0.161 e. The first kappa shape index (κ1) is 18.0. The molecule has 1 aliphatic heterocycles. The molecule has 2 aromatic carbocycles. The van der Waals surface area contributed by atoms with Gasteiger partial charge in [0.05, 0.1) is 0 Å². The van der Waals surface area contributed by atoms with Gasteiger partial charge in [0.25, 0.3) is 0 Å². The number of nitrogens with one attached hydrogen (secondary N) is 1. The van der Waals surface area contributed by atoms with E-state index in [2.05, 4.69) is 11.4 Å². The molecule has 2 aliphatic rings. The Labute approximate surface area is 162 Å². The summed E-state index contributed by atoms with van der Waals surface area (Å²) in [6, 6.07) is 13.1. The molecular formula is C22H20F2N2S. The normalized spacial score (nSPS) is 20.9. The standard InChI is InChI=1S/C22H20F2N2S/c1-27-22-25-20(15-7-11-18(24)12-8-15)19-4-2-3-16(21(19)26-22)13-14-5-9-17(23)10-6-14/h5-13,20H,2-4H2,1H3,(H,25,26)/t20-/m1/s1. The minimum Gasteiger partial charge on any atom is -0.335 e. The first-order valence-electron chi connectivity index (χ1n) is 8.98. The van der Waals surface area contributed by atoms with Gasteiger partial charge >= 0.3 is 0 Å². The van der Waals surface area contributed by atoms with E-state index in [1.54, 1.807) is 23.9 Å². The van der Waals surface area contributed by atoms with E-state index < -0.39 is 0 Å². The van der Waals surface area contributed by atoms with Crippen molar-refractivity contribution in [2.75, 3.05) is 6.26 Å². The molecule has 0 saturated carbocycles. The number of hydrogen-bond acceptors (Lipinski definition) is 3. The van der Waals surface area contributed by atoms with Gasteiger partial charge in [0.1, 0.15) is 17.7 Å². The summed E-state index contributed by atoms with van der Waals surface area (Å²) in [5.74, 6) is -0.471. The molecule has 0 unspecified atom stereocenters. The second-order valence-corrected chi connectivity index (χ2v) is 7.49. The van der Waals surface area contributed by atoms with Crippen LogP contribution in [0.15, 0.2) is 70.4 Å². The molecule has 0 aromatic heterocycles. The molecule has 0 saturated heterocycles. The predicted octanol–water partition coefficient (Wildman–Crippen LogP) is 5.85. The number of allylic oxidation sites excluding steroid dienone is 1. The van der Waals surface area contributed by atoms with Crippen LogP contribution in [0, 0.1) is 11.6 Å². The highest BCUT2D eigenvalue weighted by molar-refractivity contribution is 8.13. The molecular weight excluding hydrogens is 362 g/mol. The number of hydrogen-bond donors (Lipinski definition) is 1. The zero-order valence-corrected chi connectivity index (χ0v) is 15.8. The number of nitrogens with zero attached hydrogens (tertiary/aromatic N) is 1. The van der Waals surface area contributed by atoms with E-state index in [1.165, 1.54) is 35.4 Å². The monoisotopic (exact) mass is 382 g/mol. The van der Waals surface area contributed by atoms with Crippen LogP contribution in [0.5, 0.6) is 0 Å². The molecule has 1 N–H and O–H groups in total. The van der Waals surface area contributed by atoms with Crippen LogP contribution in [-0.2, 0) is 0 Å². The van der Waals surface area contributed by atoms with Crippen LogP contribution >= 0.6 is 11.8 Å². The summed E-state index contributed by atoms with van der Waals surface area (Å²) in [6.07, 6.45) is 7.06. The van der Waals surface area contributed by atoms with Gasteiger partial charge in [-0.25, -0.2) is 13.8 Å². The van der Waals surface area contributed by atoms with Crippen molar-refractivity contribution in [1.29, 1.82) is 0 Å². The lowest BCUT2D eigenvalue weighted by Crippen LogP contribution is -2.30. The lowest BCUT2D eigenvalue weighted by molar-refractivity contribution is 0.623. The number of benzene rings is 2. The van der Waals surface area contributed by atoms with E-state index >= 15 is 0 Å². The van der Waals surface area contributed by atoms with Crippen molar-refractivity contribution in [2.45, 2.75) is 25.3 Å². The van der Waals surface area contributed by atoms with E-state index in [4.69, 9.17) is 4.99 Å². The van der Waals surface area contributed by atoms with E-state index in [0.717, 1.165) is 41.3 Å². The lowest BCUT2D eigenvalue weighted by atomic mass is 9.84. The molecule has 0 fully saturated rings. The summed E-state index contributed by atoms with van der Waals surface area (Å²) in [7, 11) is 0. The highest BCUT2D eigenvalue weighted by Crippen LogP contribution is 2.41. The summed E-state index contributed by atoms with van der Waals surface area (Å²) in [6.45, 7) is 0. The number of amidine groups is 1. The second-order valence-electron chi connectivity index (χ2n) is 6.69. The zero-order chi connectivity index (χ0) is 18.8. The van der Waals surface area contributed by atoms with Crippen molar-refractivity contribution in [1.82, 2.24) is 5.32 Å². The van der Waals surface area contributed by atoms with Crippen LogP contribution in [-0.4, -0.2) is 11.4 Å². The highest BCUT2D eigenvalue weighted by atomic mass is 32.2. The third-order valence-corrected chi connectivity index (χ3v) is 5.53. The van der Waals surface area contributed by atoms with Gasteiger partial charge < -0.3 is 5.32 Å². The van der Waals surface area contributed by atoms with Gasteiger partial charge in [-0.15, -0.1) is 0 Å². The van der Waals surface area contributed by atoms with Crippen LogP contribution < -0.4 is 5.32 Å². The molecule has 0 spiro atoms. The van der Waals surface area contributed by atoms with Gasteiger partial charge in [-0.2, -0.15) is 0 Å². The Morgan fingerprint density at radius 2 is 1.67 bits per heavy atom. The van der Waals surface area contributed by atoms with E-state index in [1.807, 2.05) is 18.4 Å². The quantitative estimate of drug-likeness (QED) is 0.705. The maximum atomic E-state index is 13.4. The van der Waals surface area contributed by atoms with Crippen molar-refractivity contribution >= 4 is 23.0 Å². The Balaban J connectivity index is 1.76. The van der Waals surface area contributed by atoms with Crippen LogP contribution in [0.25, 0.3) is 6.08 Å². The van der Waals surface area contributed by atoms with Crippen LogP contribution in [0.2, 0.25) is 0 Å². The van der Waals surface area contributed by atoms with Crippen molar-refractivity contribution in [2.24, 2.45) is 4.99 Å². The molecule has 0 bridgehead atoms. The lowest BCUT2D eigenvalue weighted by Gasteiger charge is -2.32. The predicted molar refractivity (Wildman–Crippen MR) is 108 cm³/mol. The maximum absolute atomic E-state index is 13.4. The molecule has 2 aromatic rings. The number of rotatable bonds is 2. The van der Waals surface area contributed by atoms with Crippen molar-refractivity contribution < 1.29 is 8.78 Å². The minimum atomic E-state index is -0.239. The topological polar surface area (TPSA) is 24.4 Å². The molecule has 1 aliphatic carbocycles. The van der Waals surface area contributed by atoms with Crippen LogP contribution in [0.3, 0.4) is 0 Å². The summed E-state index contributed by atoms with van der Waals surface area (Å²) >= 11 is 1.57. The average molecular weight is 382 g/mol. The van der Waals surface area contributed by atoms with Gasteiger partial charge in [0.2, 0.25) is 0 Å². The van der Waals surface area contributed by atoms with E-state index in [9.17, 15) is 8.78 Å². The Bertz CT molecular complexity index is 928. The first-order chi connectivity index (χ1) is 13.1. The van der Waals surface area contributed by atoms with Gasteiger partial charge in [0.15, 0.2) is 5.17 Å². The zero-order valence-electron chi connectivity index (χ0n) is 15.0. The first-order valence-corrected chi connectivity index (χ1v) is 10.2. The molecule has 138 valence electrons. The number of thioether (sulfide) groups is 1. The molecule has 27 heavy (non-hydrogen) atoms. The Morgan fingerprint density at radius 1 is 1.00 bits per heavy atom. The molecule has 1 heterocycles. The van der Waals surface area contributed by atoms with E-state index in [0.29, 0.717) is 0 Å². The molecule has 5 heteroatoms. The fourth-order valence-electron chi connectivity index (χ4n) is 3.62. The van der Waals surface area contributed by atoms with Gasteiger partial charge in [-0.05, 0) is 78.1 Å². The molecule has 4 rings (SSSR count). The summed E-state index contributed by atoms with van der Waals surface area (Å²) in [5.41, 5.74) is 5.53. The molecule has 1 atom stereocenters. The second kappa shape index (κ2) is 7.69. The molecule has 2 nitrogen and oxygen atoms in total. The van der Waals surface area contributed by atoms with Crippen molar-refractivity contribution in [3.05, 3.63) is 88.1 Å². The van der Waals surface area contributed by atoms with Gasteiger partial charge in [0, 0.05) is 5.70 Å². The van der Waals surface area contributed by atoms with Crippen molar-refractivity contribution in [3.8, 4) is 0 Å². The minimum absolute atomic E-state index is 0.0961. The Kier molecular flexibility index (Phi) is 5.12. The average Bonchev–Trinajstić information content (AvgIpc) is 2.70. The molecule has 0 amide bonds. The third kappa shape index (κ3) is 3.83. The Hall–Kier alpha value is -2.40. The summed E-state index contributed by atoms with van der Waals surface area (Å²) in [5, 5.41) is 4.33. The number of halogens is 2. The molecule has 0 radical (unpaired) electrons. The highest BCUT2D eigenvalue weighted by Gasteiger charge is 2.29. The third-order valence-electron chi connectivity index (χ3n) is 4.93. The van der Waals surface area contributed by atoms with Crippen LogP contribution in [0.1, 0.15) is 36.4 Å². The van der Waals surface area contributed by atoms with E-state index in [-0.39, 0.29) is 17.7 Å².